The molecular formula is C16H22N4O2. The fraction of sp³-hybridized carbons (Fsp3) is 0.688. The molecule has 2 amide bonds. The molecule has 0 bridgehead atoms. The lowest BCUT2D eigenvalue weighted by Gasteiger charge is -2.23. The molecular weight excluding hydrogens is 280 g/mol. The number of hydrogen-bond acceptors (Lipinski definition) is 3. The molecule has 4 rings (SSSR count). The topological polar surface area (TPSA) is 78.1 Å². The average Bonchev–Trinajstić information content (AvgIpc) is 3.20. The van der Waals surface area contributed by atoms with Crippen LogP contribution in [0.25, 0.3) is 0 Å². The summed E-state index contributed by atoms with van der Waals surface area (Å²) in [5, 5.41) is 2.87. The molecule has 1 unspecified atom stereocenters. The predicted octanol–water partition coefficient (Wildman–Crippen LogP) is 1.34. The average molecular weight is 302 g/mol. The van der Waals surface area contributed by atoms with Crippen molar-refractivity contribution in [3.8, 4) is 0 Å². The third-order valence-corrected chi connectivity index (χ3v) is 5.21. The van der Waals surface area contributed by atoms with E-state index in [-0.39, 0.29) is 17.7 Å². The van der Waals surface area contributed by atoms with Gasteiger partial charge in [-0.25, -0.2) is 4.98 Å². The second-order valence-electron chi connectivity index (χ2n) is 6.69. The second kappa shape index (κ2) is 5.41. The first-order valence-corrected chi connectivity index (χ1v) is 8.39. The van der Waals surface area contributed by atoms with Crippen LogP contribution in [0.2, 0.25) is 0 Å². The number of amides is 2. The quantitative estimate of drug-likeness (QED) is 0.865. The van der Waals surface area contributed by atoms with Gasteiger partial charge >= 0.3 is 0 Å². The lowest BCUT2D eigenvalue weighted by atomic mass is 10.1. The molecule has 6 nitrogen and oxygen atoms in total. The van der Waals surface area contributed by atoms with E-state index in [1.165, 1.54) is 12.8 Å². The van der Waals surface area contributed by atoms with Gasteiger partial charge in [0.2, 0.25) is 5.91 Å². The first-order valence-electron chi connectivity index (χ1n) is 8.39. The van der Waals surface area contributed by atoms with Crippen molar-refractivity contribution < 1.29 is 9.59 Å². The molecule has 22 heavy (non-hydrogen) atoms. The number of aryl methyl sites for hydroxylation is 1. The molecule has 6 heteroatoms. The van der Waals surface area contributed by atoms with Crippen molar-refractivity contribution >= 4 is 11.8 Å². The summed E-state index contributed by atoms with van der Waals surface area (Å²) < 4.78 is 0. The Bertz CT molecular complexity index is 603. The molecule has 3 heterocycles. The SMILES string of the molecule is O=C1NCCCc2[nH]c(C3CC(=O)N(C4CCCC4)C3)nc21. The van der Waals surface area contributed by atoms with Gasteiger partial charge in [0.1, 0.15) is 11.5 Å². The molecule has 3 aliphatic rings. The number of nitrogens with one attached hydrogen (secondary N) is 2. The number of rotatable bonds is 2. The normalized spacial score (nSPS) is 26.2. The minimum Gasteiger partial charge on any atom is -0.351 e. The predicted molar refractivity (Wildman–Crippen MR) is 80.6 cm³/mol. The zero-order chi connectivity index (χ0) is 15.1. The second-order valence-corrected chi connectivity index (χ2v) is 6.69. The van der Waals surface area contributed by atoms with E-state index >= 15 is 0 Å². The Kier molecular flexibility index (Phi) is 3.39. The zero-order valence-corrected chi connectivity index (χ0v) is 12.7. The third-order valence-electron chi connectivity index (χ3n) is 5.21. The number of H-pyrrole nitrogens is 1. The highest BCUT2D eigenvalue weighted by Crippen LogP contribution is 2.33. The summed E-state index contributed by atoms with van der Waals surface area (Å²) in [5.41, 5.74) is 1.45. The van der Waals surface area contributed by atoms with Crippen LogP contribution >= 0.6 is 0 Å². The van der Waals surface area contributed by atoms with E-state index in [1.54, 1.807) is 0 Å². The van der Waals surface area contributed by atoms with Crippen molar-refractivity contribution in [2.75, 3.05) is 13.1 Å². The number of carbonyl (C=O) groups is 2. The third kappa shape index (κ3) is 2.30. The van der Waals surface area contributed by atoms with Gasteiger partial charge in [-0.05, 0) is 25.7 Å². The van der Waals surface area contributed by atoms with Crippen molar-refractivity contribution in [2.24, 2.45) is 0 Å². The fourth-order valence-corrected chi connectivity index (χ4v) is 4.03. The molecule has 1 saturated carbocycles. The summed E-state index contributed by atoms with van der Waals surface area (Å²) in [5.74, 6) is 1.07. The summed E-state index contributed by atoms with van der Waals surface area (Å²) in [6.07, 6.45) is 7.02. The molecule has 0 spiro atoms. The molecule has 1 atom stereocenters. The Labute approximate surface area is 129 Å². The summed E-state index contributed by atoms with van der Waals surface area (Å²) >= 11 is 0. The van der Waals surface area contributed by atoms with Crippen LogP contribution in [-0.4, -0.2) is 45.8 Å². The lowest BCUT2D eigenvalue weighted by molar-refractivity contribution is -0.129. The van der Waals surface area contributed by atoms with Gasteiger partial charge in [-0.3, -0.25) is 9.59 Å². The monoisotopic (exact) mass is 302 g/mol. The Morgan fingerprint density at radius 3 is 2.77 bits per heavy atom. The van der Waals surface area contributed by atoms with E-state index in [4.69, 9.17) is 0 Å². The van der Waals surface area contributed by atoms with Gasteiger partial charge in [0.25, 0.3) is 5.91 Å². The minimum atomic E-state index is -0.0908. The maximum absolute atomic E-state index is 12.3. The standard InChI is InChI=1S/C16H22N4O2/c21-13-8-10(9-20(13)11-4-1-2-5-11)15-18-12-6-3-7-17-16(22)14(12)19-15/h10-11H,1-9H2,(H,17,22)(H,18,19). The smallest absolute Gasteiger partial charge is 0.271 e. The molecule has 2 aliphatic heterocycles. The molecule has 0 aromatic carbocycles. The molecule has 2 N–H and O–H groups in total. The fourth-order valence-electron chi connectivity index (χ4n) is 4.03. The maximum atomic E-state index is 12.3. The Morgan fingerprint density at radius 2 is 1.95 bits per heavy atom. The van der Waals surface area contributed by atoms with Crippen LogP contribution in [-0.2, 0) is 11.2 Å². The van der Waals surface area contributed by atoms with Gasteiger partial charge in [0.15, 0.2) is 0 Å². The number of imidazole rings is 1. The van der Waals surface area contributed by atoms with Gasteiger partial charge in [0.05, 0.1) is 0 Å². The first-order chi connectivity index (χ1) is 10.7. The van der Waals surface area contributed by atoms with Gasteiger partial charge < -0.3 is 15.2 Å². The Hall–Kier alpha value is -1.85. The highest BCUT2D eigenvalue weighted by atomic mass is 16.2. The van der Waals surface area contributed by atoms with Crippen molar-refractivity contribution in [1.82, 2.24) is 20.2 Å². The van der Waals surface area contributed by atoms with E-state index in [0.717, 1.165) is 43.7 Å². The molecule has 1 aliphatic carbocycles. The van der Waals surface area contributed by atoms with Crippen LogP contribution in [0.1, 0.15) is 66.4 Å². The van der Waals surface area contributed by atoms with Crippen LogP contribution in [0.3, 0.4) is 0 Å². The number of likely N-dealkylation sites (tertiary alicyclic amines) is 1. The maximum Gasteiger partial charge on any atom is 0.271 e. The van der Waals surface area contributed by atoms with Gasteiger partial charge in [-0.15, -0.1) is 0 Å². The zero-order valence-electron chi connectivity index (χ0n) is 12.7. The van der Waals surface area contributed by atoms with Crippen molar-refractivity contribution in [1.29, 1.82) is 0 Å². The highest BCUT2D eigenvalue weighted by Gasteiger charge is 2.38. The van der Waals surface area contributed by atoms with Crippen molar-refractivity contribution in [3.63, 3.8) is 0 Å². The Balaban J connectivity index is 1.54. The minimum absolute atomic E-state index is 0.0908. The largest absolute Gasteiger partial charge is 0.351 e. The van der Waals surface area contributed by atoms with Crippen LogP contribution in [0, 0.1) is 0 Å². The van der Waals surface area contributed by atoms with Gasteiger partial charge in [0, 0.05) is 37.2 Å². The van der Waals surface area contributed by atoms with E-state index in [9.17, 15) is 9.59 Å². The van der Waals surface area contributed by atoms with Crippen molar-refractivity contribution in [3.05, 3.63) is 17.2 Å². The number of aromatic nitrogens is 2. The van der Waals surface area contributed by atoms with Crippen molar-refractivity contribution in [2.45, 2.75) is 56.9 Å². The lowest BCUT2D eigenvalue weighted by Crippen LogP contribution is -2.34. The van der Waals surface area contributed by atoms with E-state index in [1.807, 2.05) is 4.90 Å². The van der Waals surface area contributed by atoms with Crippen LogP contribution in [0.5, 0.6) is 0 Å². The number of carbonyl (C=O) groups excluding carboxylic acids is 2. The van der Waals surface area contributed by atoms with E-state index < -0.39 is 0 Å². The first kappa shape index (κ1) is 13.8. The molecule has 1 aromatic rings. The Morgan fingerprint density at radius 1 is 1.14 bits per heavy atom. The van der Waals surface area contributed by atoms with Gasteiger partial charge in [-0.1, -0.05) is 12.8 Å². The summed E-state index contributed by atoms with van der Waals surface area (Å²) in [6, 6.07) is 0.425. The molecule has 2 fully saturated rings. The summed E-state index contributed by atoms with van der Waals surface area (Å²) in [6.45, 7) is 1.45. The molecule has 1 aromatic heterocycles. The molecule has 1 saturated heterocycles. The van der Waals surface area contributed by atoms with Crippen LogP contribution < -0.4 is 5.32 Å². The van der Waals surface area contributed by atoms with Crippen LogP contribution in [0.4, 0.5) is 0 Å². The van der Waals surface area contributed by atoms with Gasteiger partial charge in [-0.2, -0.15) is 0 Å². The van der Waals surface area contributed by atoms with E-state index in [2.05, 4.69) is 15.3 Å². The van der Waals surface area contributed by atoms with E-state index in [0.29, 0.717) is 24.7 Å². The number of nitrogens with zero attached hydrogens (tertiary/aromatic N) is 2. The van der Waals surface area contributed by atoms with Crippen LogP contribution in [0.15, 0.2) is 0 Å². The number of fused-ring (bicyclic) bond motifs is 1. The summed E-state index contributed by atoms with van der Waals surface area (Å²) in [7, 11) is 0. The molecule has 118 valence electrons. The molecule has 0 radical (unpaired) electrons. The number of aromatic amines is 1. The number of hydrogen-bond donors (Lipinski definition) is 2. The highest BCUT2D eigenvalue weighted by molar-refractivity contribution is 5.93. The summed E-state index contributed by atoms with van der Waals surface area (Å²) in [4.78, 5) is 34.2.